The molecule has 2 N–H and O–H groups in total. The minimum Gasteiger partial charge on any atom is -0.325 e. The topological polar surface area (TPSA) is 41.1 Å². The zero-order chi connectivity index (χ0) is 12.7. The monoisotopic (exact) mass is 234 g/mol. The van der Waals surface area contributed by atoms with Gasteiger partial charge in [0.25, 0.3) is 0 Å². The maximum Gasteiger partial charge on any atom is 0.241 e. The van der Waals surface area contributed by atoms with Gasteiger partial charge in [-0.1, -0.05) is 31.5 Å². The SMILES string of the molecule is CCCC(C)NC(C)C(=O)Nc1ccccc1. The quantitative estimate of drug-likeness (QED) is 0.794. The van der Waals surface area contributed by atoms with Gasteiger partial charge < -0.3 is 10.6 Å². The van der Waals surface area contributed by atoms with Crippen LogP contribution in [0.1, 0.15) is 33.6 Å². The van der Waals surface area contributed by atoms with Crippen LogP contribution in [0.3, 0.4) is 0 Å². The van der Waals surface area contributed by atoms with Crippen molar-refractivity contribution >= 4 is 11.6 Å². The second kappa shape index (κ2) is 7.07. The van der Waals surface area contributed by atoms with Crippen LogP contribution in [0.2, 0.25) is 0 Å². The van der Waals surface area contributed by atoms with Gasteiger partial charge in [0, 0.05) is 11.7 Å². The smallest absolute Gasteiger partial charge is 0.241 e. The summed E-state index contributed by atoms with van der Waals surface area (Å²) in [5.74, 6) is 0.0131. The normalized spacial score (nSPS) is 14.1. The Morgan fingerprint density at radius 2 is 1.88 bits per heavy atom. The first-order chi connectivity index (χ1) is 8.13. The van der Waals surface area contributed by atoms with E-state index in [0.29, 0.717) is 6.04 Å². The zero-order valence-corrected chi connectivity index (χ0v) is 10.9. The number of carbonyl (C=O) groups excluding carboxylic acids is 1. The van der Waals surface area contributed by atoms with Crippen LogP contribution in [0.4, 0.5) is 5.69 Å². The van der Waals surface area contributed by atoms with Crippen molar-refractivity contribution in [3.8, 4) is 0 Å². The second-order valence-corrected chi connectivity index (χ2v) is 4.43. The Morgan fingerprint density at radius 1 is 1.24 bits per heavy atom. The third kappa shape index (κ3) is 5.00. The highest BCUT2D eigenvalue weighted by Gasteiger charge is 2.14. The van der Waals surface area contributed by atoms with E-state index in [-0.39, 0.29) is 11.9 Å². The Hall–Kier alpha value is -1.35. The van der Waals surface area contributed by atoms with Crippen molar-refractivity contribution < 1.29 is 4.79 Å². The van der Waals surface area contributed by atoms with E-state index in [1.807, 2.05) is 37.3 Å². The summed E-state index contributed by atoms with van der Waals surface area (Å²) in [6, 6.07) is 9.73. The molecular weight excluding hydrogens is 212 g/mol. The fourth-order valence-corrected chi connectivity index (χ4v) is 1.79. The summed E-state index contributed by atoms with van der Waals surface area (Å²) in [5.41, 5.74) is 0.842. The number of hydrogen-bond acceptors (Lipinski definition) is 2. The zero-order valence-electron chi connectivity index (χ0n) is 10.9. The minimum atomic E-state index is -0.170. The van der Waals surface area contributed by atoms with Gasteiger partial charge in [-0.3, -0.25) is 4.79 Å². The summed E-state index contributed by atoms with van der Waals surface area (Å²) >= 11 is 0. The molecule has 1 aromatic rings. The molecule has 0 heterocycles. The van der Waals surface area contributed by atoms with Crippen LogP contribution in [0, 0.1) is 0 Å². The molecule has 0 bridgehead atoms. The van der Waals surface area contributed by atoms with Crippen LogP contribution < -0.4 is 10.6 Å². The number of amides is 1. The summed E-state index contributed by atoms with van der Waals surface area (Å²) < 4.78 is 0. The van der Waals surface area contributed by atoms with Gasteiger partial charge in [-0.25, -0.2) is 0 Å². The Balaban J connectivity index is 2.42. The van der Waals surface area contributed by atoms with E-state index in [4.69, 9.17) is 0 Å². The van der Waals surface area contributed by atoms with Crippen LogP contribution in [0.25, 0.3) is 0 Å². The van der Waals surface area contributed by atoms with Crippen molar-refractivity contribution in [2.75, 3.05) is 5.32 Å². The van der Waals surface area contributed by atoms with Crippen molar-refractivity contribution in [3.05, 3.63) is 30.3 Å². The van der Waals surface area contributed by atoms with Gasteiger partial charge in [0.1, 0.15) is 0 Å². The number of hydrogen-bond donors (Lipinski definition) is 2. The molecule has 0 aliphatic rings. The molecule has 3 heteroatoms. The predicted octanol–water partition coefficient (Wildman–Crippen LogP) is 2.79. The van der Waals surface area contributed by atoms with Crippen LogP contribution in [0.5, 0.6) is 0 Å². The lowest BCUT2D eigenvalue weighted by Gasteiger charge is -2.19. The molecule has 0 aliphatic heterocycles. The second-order valence-electron chi connectivity index (χ2n) is 4.43. The molecule has 0 aliphatic carbocycles. The van der Waals surface area contributed by atoms with Crippen molar-refractivity contribution in [1.82, 2.24) is 5.32 Å². The van der Waals surface area contributed by atoms with Crippen LogP contribution in [-0.4, -0.2) is 18.0 Å². The van der Waals surface area contributed by atoms with Crippen LogP contribution in [0.15, 0.2) is 30.3 Å². The third-order valence-electron chi connectivity index (χ3n) is 2.69. The average molecular weight is 234 g/mol. The molecule has 0 spiro atoms. The van der Waals surface area contributed by atoms with Crippen LogP contribution >= 0.6 is 0 Å². The molecule has 0 aromatic heterocycles. The Morgan fingerprint density at radius 3 is 2.47 bits per heavy atom. The number of anilines is 1. The van der Waals surface area contributed by atoms with Crippen molar-refractivity contribution in [1.29, 1.82) is 0 Å². The Labute approximate surface area is 104 Å². The molecule has 17 heavy (non-hydrogen) atoms. The highest BCUT2D eigenvalue weighted by atomic mass is 16.2. The van der Waals surface area contributed by atoms with E-state index >= 15 is 0 Å². The average Bonchev–Trinajstić information content (AvgIpc) is 2.30. The van der Waals surface area contributed by atoms with E-state index < -0.39 is 0 Å². The summed E-state index contributed by atoms with van der Waals surface area (Å²) in [5, 5.41) is 6.18. The van der Waals surface area contributed by atoms with E-state index in [0.717, 1.165) is 18.5 Å². The first-order valence-corrected chi connectivity index (χ1v) is 6.25. The molecule has 1 amide bonds. The highest BCUT2D eigenvalue weighted by Crippen LogP contribution is 2.06. The predicted molar refractivity (Wildman–Crippen MR) is 72.0 cm³/mol. The van der Waals surface area contributed by atoms with E-state index in [1.165, 1.54) is 0 Å². The van der Waals surface area contributed by atoms with Gasteiger partial charge in [0.05, 0.1) is 6.04 Å². The van der Waals surface area contributed by atoms with E-state index in [9.17, 15) is 4.79 Å². The number of para-hydroxylation sites is 1. The molecule has 0 radical (unpaired) electrons. The lowest BCUT2D eigenvalue weighted by atomic mass is 10.1. The Kier molecular flexibility index (Phi) is 5.70. The maximum absolute atomic E-state index is 11.9. The maximum atomic E-state index is 11.9. The highest BCUT2D eigenvalue weighted by molar-refractivity contribution is 5.94. The Bertz CT molecular complexity index is 337. The fraction of sp³-hybridized carbons (Fsp3) is 0.500. The summed E-state index contributed by atoms with van der Waals surface area (Å²) in [6.45, 7) is 6.15. The summed E-state index contributed by atoms with van der Waals surface area (Å²) in [7, 11) is 0. The summed E-state index contributed by atoms with van der Waals surface area (Å²) in [4.78, 5) is 11.9. The first kappa shape index (κ1) is 13.7. The molecule has 94 valence electrons. The molecular formula is C14H22N2O. The molecule has 2 unspecified atom stereocenters. The molecule has 3 nitrogen and oxygen atoms in total. The van der Waals surface area contributed by atoms with E-state index in [2.05, 4.69) is 24.5 Å². The number of nitrogens with one attached hydrogen (secondary N) is 2. The third-order valence-corrected chi connectivity index (χ3v) is 2.69. The standard InChI is InChI=1S/C14H22N2O/c1-4-8-11(2)15-12(3)14(17)16-13-9-6-5-7-10-13/h5-7,9-12,15H,4,8H2,1-3H3,(H,16,17). The number of carbonyl (C=O) groups is 1. The van der Waals surface area contributed by atoms with Gasteiger partial charge >= 0.3 is 0 Å². The molecule has 2 atom stereocenters. The van der Waals surface area contributed by atoms with Crippen molar-refractivity contribution in [3.63, 3.8) is 0 Å². The molecule has 0 saturated heterocycles. The summed E-state index contributed by atoms with van der Waals surface area (Å²) in [6.07, 6.45) is 2.21. The minimum absolute atomic E-state index is 0.0131. The first-order valence-electron chi connectivity index (χ1n) is 6.25. The lowest BCUT2D eigenvalue weighted by molar-refractivity contribution is -0.117. The molecule has 0 fully saturated rings. The fourth-order valence-electron chi connectivity index (χ4n) is 1.79. The molecule has 1 rings (SSSR count). The van der Waals surface area contributed by atoms with Gasteiger partial charge in [0.2, 0.25) is 5.91 Å². The van der Waals surface area contributed by atoms with Gasteiger partial charge in [0.15, 0.2) is 0 Å². The van der Waals surface area contributed by atoms with Gasteiger partial charge in [-0.15, -0.1) is 0 Å². The molecule has 1 aromatic carbocycles. The van der Waals surface area contributed by atoms with E-state index in [1.54, 1.807) is 0 Å². The molecule has 0 saturated carbocycles. The largest absolute Gasteiger partial charge is 0.325 e. The van der Waals surface area contributed by atoms with Gasteiger partial charge in [-0.2, -0.15) is 0 Å². The number of rotatable bonds is 6. The van der Waals surface area contributed by atoms with Gasteiger partial charge in [-0.05, 0) is 32.4 Å². The number of benzene rings is 1. The van der Waals surface area contributed by atoms with Crippen molar-refractivity contribution in [2.45, 2.75) is 45.7 Å². The van der Waals surface area contributed by atoms with Crippen LogP contribution in [-0.2, 0) is 4.79 Å². The lowest BCUT2D eigenvalue weighted by Crippen LogP contribution is -2.42. The van der Waals surface area contributed by atoms with Crippen molar-refractivity contribution in [2.24, 2.45) is 0 Å².